The first-order valence-electron chi connectivity index (χ1n) is 3.80. The van der Waals surface area contributed by atoms with Gasteiger partial charge < -0.3 is 19.7 Å². The highest BCUT2D eigenvalue weighted by Crippen LogP contribution is 2.38. The molecule has 0 unspecified atom stereocenters. The summed E-state index contributed by atoms with van der Waals surface area (Å²) in [7, 11) is 0. The van der Waals surface area contributed by atoms with E-state index in [0.29, 0.717) is 11.5 Å². The molecule has 0 radical (unpaired) electrons. The van der Waals surface area contributed by atoms with Crippen LogP contribution in [0.4, 0.5) is 0 Å². The van der Waals surface area contributed by atoms with E-state index in [1.165, 1.54) is 0 Å². The predicted molar refractivity (Wildman–Crippen MR) is 51.1 cm³/mol. The van der Waals surface area contributed by atoms with Crippen molar-refractivity contribution in [2.75, 3.05) is 0 Å². The van der Waals surface area contributed by atoms with Crippen LogP contribution in [0.2, 0.25) is 0 Å². The van der Waals surface area contributed by atoms with Crippen molar-refractivity contribution in [2.45, 2.75) is 0 Å². The molecule has 2 rings (SSSR count). The van der Waals surface area contributed by atoms with E-state index in [-0.39, 0.29) is 11.5 Å². The molecule has 0 aliphatic heterocycles. The van der Waals surface area contributed by atoms with Gasteiger partial charge in [-0.2, -0.15) is 0 Å². The smallest absolute Gasteiger partial charge is 0.414 e. The molecule has 0 aliphatic rings. The fourth-order valence-corrected chi connectivity index (χ4v) is 1.45. The Morgan fingerprint density at radius 1 is 1.20 bits per heavy atom. The van der Waals surface area contributed by atoms with Crippen LogP contribution < -0.4 is 4.94 Å². The van der Waals surface area contributed by atoms with Gasteiger partial charge in [-0.25, -0.2) is 4.79 Å². The molecule has 78 valence electrons. The standard InChI is InChI=1S/C8H5NO5S/c10-4-1-3(2-5(11)6(4)12)7-9-15-8(13)14-7/h1-2,10-12H. The summed E-state index contributed by atoms with van der Waals surface area (Å²) in [5.41, 5.74) is 0.209. The molecule has 3 N–H and O–H groups in total. The van der Waals surface area contributed by atoms with Crippen molar-refractivity contribution >= 4 is 11.5 Å². The van der Waals surface area contributed by atoms with Gasteiger partial charge in [0.05, 0.1) is 11.5 Å². The summed E-state index contributed by atoms with van der Waals surface area (Å²) in [6.45, 7) is 0. The highest BCUT2D eigenvalue weighted by Gasteiger charge is 2.12. The molecule has 7 heteroatoms. The van der Waals surface area contributed by atoms with Crippen LogP contribution >= 0.6 is 11.5 Å². The van der Waals surface area contributed by atoms with E-state index in [4.69, 9.17) is 5.11 Å². The average molecular weight is 227 g/mol. The number of hydrogen-bond donors (Lipinski definition) is 3. The van der Waals surface area contributed by atoms with Crippen LogP contribution in [0.15, 0.2) is 21.3 Å². The molecule has 15 heavy (non-hydrogen) atoms. The Labute approximate surface area is 86.8 Å². The van der Waals surface area contributed by atoms with Gasteiger partial charge in [-0.15, -0.1) is 4.37 Å². The first kappa shape index (κ1) is 9.53. The van der Waals surface area contributed by atoms with Crippen LogP contribution in [0, 0.1) is 0 Å². The predicted octanol–water partition coefficient (Wildman–Crippen LogP) is 0.880. The van der Waals surface area contributed by atoms with Crippen LogP contribution in [-0.4, -0.2) is 19.7 Å². The number of phenols is 3. The Hall–Kier alpha value is -2.02. The molecule has 0 saturated heterocycles. The van der Waals surface area contributed by atoms with Gasteiger partial charge in [0.25, 0.3) is 0 Å². The number of rotatable bonds is 1. The van der Waals surface area contributed by atoms with Gasteiger partial charge in [-0.1, -0.05) is 0 Å². The zero-order valence-corrected chi connectivity index (χ0v) is 7.98. The van der Waals surface area contributed by atoms with Crippen molar-refractivity contribution in [2.24, 2.45) is 0 Å². The van der Waals surface area contributed by atoms with E-state index < -0.39 is 22.2 Å². The number of aromatic nitrogens is 1. The summed E-state index contributed by atoms with van der Waals surface area (Å²) in [5, 5.41) is 27.5. The van der Waals surface area contributed by atoms with E-state index >= 15 is 0 Å². The van der Waals surface area contributed by atoms with Crippen molar-refractivity contribution in [3.63, 3.8) is 0 Å². The Bertz CT molecular complexity index is 535. The number of aromatic hydroxyl groups is 3. The van der Waals surface area contributed by atoms with Crippen molar-refractivity contribution in [3.05, 3.63) is 21.9 Å². The zero-order chi connectivity index (χ0) is 11.0. The normalized spacial score (nSPS) is 10.4. The van der Waals surface area contributed by atoms with Crippen LogP contribution in [-0.2, 0) is 0 Å². The maximum Gasteiger partial charge on any atom is 0.414 e. The highest BCUT2D eigenvalue weighted by atomic mass is 32.1. The fraction of sp³-hybridized carbons (Fsp3) is 0. The van der Waals surface area contributed by atoms with Gasteiger partial charge in [0, 0.05) is 5.56 Å². The topological polar surface area (TPSA) is 104 Å². The quantitative estimate of drug-likeness (QED) is 0.625. The highest BCUT2D eigenvalue weighted by molar-refractivity contribution is 7.02. The van der Waals surface area contributed by atoms with Gasteiger partial charge in [0.2, 0.25) is 5.89 Å². The van der Waals surface area contributed by atoms with E-state index in [9.17, 15) is 15.0 Å². The number of hydrogen-bond acceptors (Lipinski definition) is 7. The van der Waals surface area contributed by atoms with Crippen molar-refractivity contribution in [1.82, 2.24) is 4.37 Å². The third kappa shape index (κ3) is 1.64. The largest absolute Gasteiger partial charge is 0.504 e. The summed E-state index contributed by atoms with van der Waals surface area (Å²) in [6.07, 6.45) is 0. The molecular formula is C8H5NO5S. The minimum absolute atomic E-state index is 0.0180. The average Bonchev–Trinajstić information content (AvgIpc) is 2.60. The summed E-state index contributed by atoms with van der Waals surface area (Å²) >= 11 is 0.617. The summed E-state index contributed by atoms with van der Waals surface area (Å²) in [4.78, 5) is 10.1. The first-order valence-corrected chi connectivity index (χ1v) is 4.57. The van der Waals surface area contributed by atoms with Crippen molar-refractivity contribution in [1.29, 1.82) is 0 Å². The summed E-state index contributed by atoms with van der Waals surface area (Å²) < 4.78 is 8.32. The third-order valence-electron chi connectivity index (χ3n) is 1.70. The van der Waals surface area contributed by atoms with Gasteiger partial charge in [0.1, 0.15) is 0 Å². The van der Waals surface area contributed by atoms with E-state index in [0.717, 1.165) is 12.1 Å². The van der Waals surface area contributed by atoms with E-state index in [2.05, 4.69) is 8.79 Å². The second-order valence-electron chi connectivity index (χ2n) is 2.70. The lowest BCUT2D eigenvalue weighted by molar-refractivity contribution is 0.368. The van der Waals surface area contributed by atoms with Gasteiger partial charge in [-0.3, -0.25) is 0 Å². The molecule has 0 saturated carbocycles. The Kier molecular flexibility index (Phi) is 2.09. The zero-order valence-electron chi connectivity index (χ0n) is 7.17. The van der Waals surface area contributed by atoms with Crippen LogP contribution in [0.1, 0.15) is 0 Å². The molecule has 2 aromatic rings. The number of phenolic OH excluding ortho intramolecular Hbond substituents is 3. The first-order chi connectivity index (χ1) is 7.08. The van der Waals surface area contributed by atoms with E-state index in [1.54, 1.807) is 0 Å². The molecule has 0 fully saturated rings. The summed E-state index contributed by atoms with van der Waals surface area (Å²) in [6, 6.07) is 2.26. The molecule has 0 atom stereocenters. The lowest BCUT2D eigenvalue weighted by Crippen LogP contribution is -1.83. The SMILES string of the molecule is O=c1oc(-c2cc(O)c(O)c(O)c2)ns1. The Morgan fingerprint density at radius 2 is 1.80 bits per heavy atom. The second-order valence-corrected chi connectivity index (χ2v) is 3.40. The monoisotopic (exact) mass is 227 g/mol. The molecule has 0 aliphatic carbocycles. The van der Waals surface area contributed by atoms with Crippen LogP contribution in [0.3, 0.4) is 0 Å². The lowest BCUT2D eigenvalue weighted by Gasteiger charge is -2.01. The van der Waals surface area contributed by atoms with Crippen molar-refractivity contribution < 1.29 is 19.7 Å². The van der Waals surface area contributed by atoms with Gasteiger partial charge >= 0.3 is 4.94 Å². The molecular weight excluding hydrogens is 222 g/mol. The number of benzene rings is 1. The second kappa shape index (κ2) is 3.28. The van der Waals surface area contributed by atoms with Gasteiger partial charge in [0.15, 0.2) is 17.2 Å². The minimum atomic E-state index is -0.628. The maximum absolute atomic E-state index is 10.7. The minimum Gasteiger partial charge on any atom is -0.504 e. The van der Waals surface area contributed by atoms with Crippen LogP contribution in [0.25, 0.3) is 11.5 Å². The van der Waals surface area contributed by atoms with Crippen LogP contribution in [0.5, 0.6) is 17.2 Å². The lowest BCUT2D eigenvalue weighted by atomic mass is 10.2. The molecule has 0 amide bonds. The summed E-state index contributed by atoms with van der Waals surface area (Å²) in [5.74, 6) is -1.67. The Balaban J connectivity index is 2.59. The molecule has 0 spiro atoms. The molecule has 1 aromatic heterocycles. The van der Waals surface area contributed by atoms with Gasteiger partial charge in [-0.05, 0) is 12.1 Å². The van der Waals surface area contributed by atoms with Crippen molar-refractivity contribution in [3.8, 4) is 28.7 Å². The molecule has 1 heterocycles. The third-order valence-corrected chi connectivity index (χ3v) is 2.19. The Morgan fingerprint density at radius 3 is 2.27 bits per heavy atom. The number of nitrogens with zero attached hydrogens (tertiary/aromatic N) is 1. The fourth-order valence-electron chi connectivity index (χ4n) is 1.03. The maximum atomic E-state index is 10.7. The molecule has 1 aromatic carbocycles. The molecule has 0 bridgehead atoms. The van der Waals surface area contributed by atoms with E-state index in [1.807, 2.05) is 0 Å². The molecule has 6 nitrogen and oxygen atoms in total.